The van der Waals surface area contributed by atoms with Crippen LogP contribution in [-0.4, -0.2) is 21.9 Å². The quantitative estimate of drug-likeness (QED) is 0.808. The summed E-state index contributed by atoms with van der Waals surface area (Å²) in [4.78, 5) is 24.4. The van der Waals surface area contributed by atoms with E-state index >= 15 is 0 Å². The Morgan fingerprint density at radius 3 is 2.59 bits per heavy atom. The highest BCUT2D eigenvalue weighted by atomic mass is 16.5. The van der Waals surface area contributed by atoms with Gasteiger partial charge < -0.3 is 4.74 Å². The number of ether oxygens (including phenoxy) is 1. The molecule has 0 radical (unpaired) electrons. The van der Waals surface area contributed by atoms with Crippen molar-refractivity contribution in [1.29, 1.82) is 0 Å². The summed E-state index contributed by atoms with van der Waals surface area (Å²) in [5.41, 5.74) is -0.123. The lowest BCUT2D eigenvalue weighted by Gasteiger charge is -2.04. The number of rotatable bonds is 3. The molecule has 0 aliphatic rings. The number of hydrogen-bond acceptors (Lipinski definition) is 4. The van der Waals surface area contributed by atoms with Crippen molar-refractivity contribution < 1.29 is 4.74 Å². The molecule has 0 amide bonds. The number of aromatic nitrogens is 3. The van der Waals surface area contributed by atoms with Gasteiger partial charge >= 0.3 is 5.69 Å². The summed E-state index contributed by atoms with van der Waals surface area (Å²) in [6, 6.07) is 7.26. The first-order chi connectivity index (χ1) is 8.19. The lowest BCUT2D eigenvalue weighted by atomic mass is 10.2. The molecule has 0 fully saturated rings. The van der Waals surface area contributed by atoms with Gasteiger partial charge in [0.25, 0.3) is 5.56 Å². The zero-order chi connectivity index (χ0) is 12.3. The smallest absolute Gasteiger partial charge is 0.345 e. The van der Waals surface area contributed by atoms with Crippen molar-refractivity contribution >= 4 is 0 Å². The number of nitrogens with zero attached hydrogens (tertiary/aromatic N) is 2. The highest BCUT2D eigenvalue weighted by molar-refractivity contribution is 5.27. The first-order valence-electron chi connectivity index (χ1n) is 4.98. The summed E-state index contributed by atoms with van der Waals surface area (Å²) < 4.78 is 6.21. The topological polar surface area (TPSA) is 77.0 Å². The fraction of sp³-hybridized carbons (Fsp3) is 0.182. The summed E-state index contributed by atoms with van der Waals surface area (Å²) in [5, 5.41) is 3.74. The zero-order valence-corrected chi connectivity index (χ0v) is 9.21. The van der Waals surface area contributed by atoms with Crippen LogP contribution in [0, 0.1) is 0 Å². The van der Waals surface area contributed by atoms with Gasteiger partial charge in [-0.25, -0.2) is 9.48 Å². The van der Waals surface area contributed by atoms with Crippen molar-refractivity contribution in [2.75, 3.05) is 7.11 Å². The third-order valence-corrected chi connectivity index (χ3v) is 2.27. The van der Waals surface area contributed by atoms with E-state index in [4.69, 9.17) is 4.74 Å². The van der Waals surface area contributed by atoms with Gasteiger partial charge in [-0.05, 0) is 17.7 Å². The minimum Gasteiger partial charge on any atom is -0.497 e. The van der Waals surface area contributed by atoms with Crippen molar-refractivity contribution in [2.24, 2.45) is 0 Å². The van der Waals surface area contributed by atoms with Crippen LogP contribution in [0.2, 0.25) is 0 Å². The molecule has 2 aromatic rings. The van der Waals surface area contributed by atoms with E-state index in [1.54, 1.807) is 19.2 Å². The molecule has 1 aromatic heterocycles. The van der Waals surface area contributed by atoms with Gasteiger partial charge in [-0.15, -0.1) is 0 Å². The zero-order valence-electron chi connectivity index (χ0n) is 9.21. The monoisotopic (exact) mass is 233 g/mol. The molecule has 1 aromatic carbocycles. The van der Waals surface area contributed by atoms with Gasteiger partial charge in [0.2, 0.25) is 0 Å². The number of nitrogens with one attached hydrogen (secondary N) is 1. The third-order valence-electron chi connectivity index (χ3n) is 2.27. The number of benzene rings is 1. The molecule has 0 saturated heterocycles. The molecule has 0 saturated carbocycles. The minimum absolute atomic E-state index is 0.305. The highest BCUT2D eigenvalue weighted by Gasteiger charge is 2.00. The van der Waals surface area contributed by atoms with Crippen LogP contribution in [-0.2, 0) is 6.54 Å². The van der Waals surface area contributed by atoms with E-state index in [2.05, 4.69) is 10.1 Å². The Morgan fingerprint density at radius 2 is 2.00 bits per heavy atom. The molecule has 0 atom stereocenters. The second-order valence-corrected chi connectivity index (χ2v) is 3.44. The number of aromatic amines is 1. The molecule has 0 spiro atoms. The summed E-state index contributed by atoms with van der Waals surface area (Å²) in [5.74, 6) is 0.746. The van der Waals surface area contributed by atoms with Crippen LogP contribution in [0.15, 0.2) is 40.1 Å². The summed E-state index contributed by atoms with van der Waals surface area (Å²) in [7, 11) is 1.59. The summed E-state index contributed by atoms with van der Waals surface area (Å²) in [6.45, 7) is 0.305. The van der Waals surface area contributed by atoms with Crippen molar-refractivity contribution in [1.82, 2.24) is 14.8 Å². The molecular formula is C11H11N3O3. The molecule has 6 nitrogen and oxygen atoms in total. The molecule has 0 unspecified atom stereocenters. The van der Waals surface area contributed by atoms with Gasteiger partial charge in [0, 0.05) is 0 Å². The maximum atomic E-state index is 11.4. The SMILES string of the molecule is COc1ccc(Cn2ncc(=O)[nH]c2=O)cc1. The van der Waals surface area contributed by atoms with Gasteiger partial charge in [0.05, 0.1) is 13.7 Å². The van der Waals surface area contributed by atoms with E-state index in [-0.39, 0.29) is 0 Å². The van der Waals surface area contributed by atoms with Crippen LogP contribution in [0.4, 0.5) is 0 Å². The first-order valence-corrected chi connectivity index (χ1v) is 4.98. The molecule has 0 aliphatic carbocycles. The maximum Gasteiger partial charge on any atom is 0.345 e. The summed E-state index contributed by atoms with van der Waals surface area (Å²) in [6.07, 6.45) is 1.07. The van der Waals surface area contributed by atoms with Crippen LogP contribution in [0.1, 0.15) is 5.56 Å². The molecular weight excluding hydrogens is 222 g/mol. The van der Waals surface area contributed by atoms with Gasteiger partial charge in [0.15, 0.2) is 0 Å². The molecule has 0 aliphatic heterocycles. The Morgan fingerprint density at radius 1 is 1.29 bits per heavy atom. The first kappa shape index (κ1) is 11.1. The average Bonchev–Trinajstić information content (AvgIpc) is 2.34. The van der Waals surface area contributed by atoms with E-state index in [0.717, 1.165) is 17.5 Å². The van der Waals surface area contributed by atoms with Crippen molar-refractivity contribution in [3.8, 4) is 5.75 Å². The van der Waals surface area contributed by atoms with Gasteiger partial charge in [-0.1, -0.05) is 12.1 Å². The summed E-state index contributed by atoms with van der Waals surface area (Å²) >= 11 is 0. The molecule has 17 heavy (non-hydrogen) atoms. The number of H-pyrrole nitrogens is 1. The van der Waals surface area contributed by atoms with Crippen LogP contribution in [0.25, 0.3) is 0 Å². The number of methoxy groups -OCH3 is 1. The largest absolute Gasteiger partial charge is 0.497 e. The molecule has 0 bridgehead atoms. The van der Waals surface area contributed by atoms with Gasteiger partial charge in [-0.3, -0.25) is 9.78 Å². The number of hydrogen-bond donors (Lipinski definition) is 1. The lowest BCUT2D eigenvalue weighted by molar-refractivity contribution is 0.414. The van der Waals surface area contributed by atoms with Gasteiger partial charge in [-0.2, -0.15) is 5.10 Å². The molecule has 6 heteroatoms. The van der Waals surface area contributed by atoms with Crippen molar-refractivity contribution in [3.05, 3.63) is 56.9 Å². The Labute approximate surface area is 96.5 Å². The van der Waals surface area contributed by atoms with Crippen LogP contribution >= 0.6 is 0 Å². The third kappa shape index (κ3) is 2.60. The Bertz CT molecular complexity index is 613. The highest BCUT2D eigenvalue weighted by Crippen LogP contribution is 2.11. The maximum absolute atomic E-state index is 11.4. The lowest BCUT2D eigenvalue weighted by Crippen LogP contribution is -2.31. The van der Waals surface area contributed by atoms with Crippen molar-refractivity contribution in [2.45, 2.75) is 6.54 Å². The second kappa shape index (κ2) is 4.65. The molecule has 1 N–H and O–H groups in total. The normalized spacial score (nSPS) is 10.2. The van der Waals surface area contributed by atoms with Crippen LogP contribution in [0.5, 0.6) is 5.75 Å². The van der Waals surface area contributed by atoms with Crippen LogP contribution in [0.3, 0.4) is 0 Å². The van der Waals surface area contributed by atoms with E-state index < -0.39 is 11.2 Å². The van der Waals surface area contributed by atoms with E-state index in [9.17, 15) is 9.59 Å². The standard InChI is InChI=1S/C11H11N3O3/c1-17-9-4-2-8(3-5-9)7-14-11(16)13-10(15)6-12-14/h2-6H,7H2,1H3,(H,13,15,16). The van der Waals surface area contributed by atoms with E-state index in [1.807, 2.05) is 12.1 Å². The van der Waals surface area contributed by atoms with Gasteiger partial charge in [0.1, 0.15) is 11.9 Å². The van der Waals surface area contributed by atoms with E-state index in [1.165, 1.54) is 4.68 Å². The van der Waals surface area contributed by atoms with Crippen molar-refractivity contribution in [3.63, 3.8) is 0 Å². The molecule has 2 rings (SSSR count). The Kier molecular flexibility index (Phi) is 3.04. The predicted octanol–water partition coefficient (Wildman–Crippen LogP) is -0.0115. The second-order valence-electron chi connectivity index (χ2n) is 3.44. The van der Waals surface area contributed by atoms with E-state index in [0.29, 0.717) is 6.54 Å². The Balaban J connectivity index is 2.25. The average molecular weight is 233 g/mol. The molecule has 1 heterocycles. The fourth-order valence-electron chi connectivity index (χ4n) is 1.39. The fourth-order valence-corrected chi connectivity index (χ4v) is 1.39. The minimum atomic E-state index is -0.520. The predicted molar refractivity (Wildman–Crippen MR) is 61.2 cm³/mol. The van der Waals surface area contributed by atoms with Crippen LogP contribution < -0.4 is 16.0 Å². The Hall–Kier alpha value is -2.37. The molecule has 88 valence electrons.